The number of carbonyl (C=O) groups excluding carboxylic acids is 2. The van der Waals surface area contributed by atoms with Gasteiger partial charge in [-0.1, -0.05) is 51.1 Å². The molecule has 5 N–H and O–H groups in total. The van der Waals surface area contributed by atoms with Gasteiger partial charge in [0.05, 0.1) is 12.1 Å². The van der Waals surface area contributed by atoms with E-state index in [0.29, 0.717) is 6.42 Å². The van der Waals surface area contributed by atoms with Gasteiger partial charge in [0.2, 0.25) is 11.7 Å². The summed E-state index contributed by atoms with van der Waals surface area (Å²) in [5.41, 5.74) is 7.11. The number of carboxylic acid groups (broad SMARTS) is 1. The maximum Gasteiger partial charge on any atom is 0.370 e. The first-order valence-electron chi connectivity index (χ1n) is 9.80. The third kappa shape index (κ3) is 5.57. The Morgan fingerprint density at radius 1 is 1.21 bits per heavy atom. The fourth-order valence-electron chi connectivity index (χ4n) is 3.36. The summed E-state index contributed by atoms with van der Waals surface area (Å²) in [7, 11) is 0. The lowest BCUT2D eigenvalue weighted by molar-refractivity contribution is -0.143. The Morgan fingerprint density at radius 3 is 2.41 bits per heavy atom. The summed E-state index contributed by atoms with van der Waals surface area (Å²) in [5, 5.41) is 14.9. The number of amides is 2. The van der Waals surface area contributed by atoms with Gasteiger partial charge in [0.25, 0.3) is 5.91 Å². The quantitative estimate of drug-likeness (QED) is 0.517. The molecule has 0 fully saturated rings. The predicted octanol–water partition coefficient (Wildman–Crippen LogP) is 1.27. The van der Waals surface area contributed by atoms with Crippen LogP contribution in [0.4, 0.5) is 0 Å². The van der Waals surface area contributed by atoms with Crippen molar-refractivity contribution >= 4 is 17.8 Å². The third-order valence-corrected chi connectivity index (χ3v) is 5.15. The van der Waals surface area contributed by atoms with Crippen molar-refractivity contribution in [1.82, 2.24) is 10.6 Å². The van der Waals surface area contributed by atoms with Gasteiger partial charge in [0, 0.05) is 18.4 Å². The second-order valence-electron chi connectivity index (χ2n) is 7.12. The molecule has 1 aromatic rings. The Morgan fingerprint density at radius 2 is 1.86 bits per heavy atom. The monoisotopic (exact) mass is 403 g/mol. The van der Waals surface area contributed by atoms with Crippen LogP contribution in [0.3, 0.4) is 0 Å². The smallest absolute Gasteiger partial charge is 0.370 e. The lowest BCUT2D eigenvalue weighted by Gasteiger charge is -2.35. The molecule has 29 heavy (non-hydrogen) atoms. The molecule has 1 heterocycles. The molecule has 0 spiro atoms. The van der Waals surface area contributed by atoms with E-state index in [1.807, 2.05) is 44.2 Å². The van der Waals surface area contributed by atoms with E-state index in [2.05, 4.69) is 10.6 Å². The molecular weight excluding hydrogens is 374 g/mol. The molecule has 0 saturated heterocycles. The Kier molecular flexibility index (Phi) is 7.78. The van der Waals surface area contributed by atoms with Crippen molar-refractivity contribution in [3.8, 4) is 0 Å². The first kappa shape index (κ1) is 22.4. The number of hydrogen-bond donors (Lipinski definition) is 4. The van der Waals surface area contributed by atoms with Gasteiger partial charge in [-0.05, 0) is 18.1 Å². The van der Waals surface area contributed by atoms with E-state index in [1.165, 1.54) is 6.08 Å². The first-order valence-corrected chi connectivity index (χ1v) is 9.80. The summed E-state index contributed by atoms with van der Waals surface area (Å²) in [5.74, 6) is -2.50. The van der Waals surface area contributed by atoms with Gasteiger partial charge in [-0.15, -0.1) is 0 Å². The third-order valence-electron chi connectivity index (χ3n) is 5.15. The zero-order chi connectivity index (χ0) is 21.6. The fraction of sp³-hybridized carbons (Fsp3) is 0.476. The molecule has 0 aromatic heterocycles. The van der Waals surface area contributed by atoms with E-state index >= 15 is 0 Å². The highest BCUT2D eigenvalue weighted by Crippen LogP contribution is 2.23. The molecule has 2 unspecified atom stereocenters. The number of ether oxygens (including phenoxy) is 1. The number of hydrogen-bond acceptors (Lipinski definition) is 5. The topological polar surface area (TPSA) is 131 Å². The molecule has 1 aromatic carbocycles. The van der Waals surface area contributed by atoms with Crippen molar-refractivity contribution in [2.45, 2.75) is 63.8 Å². The summed E-state index contributed by atoms with van der Waals surface area (Å²) in [6.07, 6.45) is 0.828. The van der Waals surface area contributed by atoms with E-state index < -0.39 is 35.8 Å². The van der Waals surface area contributed by atoms with Crippen LogP contribution in [-0.2, 0) is 19.1 Å². The average molecular weight is 403 g/mol. The highest BCUT2D eigenvalue weighted by Gasteiger charge is 2.41. The minimum atomic E-state index is -1.32. The molecule has 1 aliphatic rings. The van der Waals surface area contributed by atoms with Gasteiger partial charge < -0.3 is 26.2 Å². The molecule has 0 aliphatic carbocycles. The summed E-state index contributed by atoms with van der Waals surface area (Å²) in [4.78, 5) is 36.3. The van der Waals surface area contributed by atoms with E-state index in [9.17, 15) is 19.5 Å². The van der Waals surface area contributed by atoms with Crippen LogP contribution in [0.25, 0.3) is 0 Å². The van der Waals surface area contributed by atoms with Gasteiger partial charge in [0.1, 0.15) is 0 Å². The van der Waals surface area contributed by atoms with Crippen molar-refractivity contribution in [2.75, 3.05) is 0 Å². The van der Waals surface area contributed by atoms with Crippen LogP contribution in [0.1, 0.15) is 45.1 Å². The summed E-state index contributed by atoms with van der Waals surface area (Å²) < 4.78 is 5.42. The Labute approximate surface area is 170 Å². The minimum absolute atomic E-state index is 0.0283. The van der Waals surface area contributed by atoms with Crippen molar-refractivity contribution in [2.24, 2.45) is 5.73 Å². The van der Waals surface area contributed by atoms with Crippen LogP contribution >= 0.6 is 0 Å². The predicted molar refractivity (Wildman–Crippen MR) is 108 cm³/mol. The number of nitrogens with one attached hydrogen (secondary N) is 2. The molecule has 0 saturated carbocycles. The number of benzene rings is 1. The molecule has 2 amide bonds. The van der Waals surface area contributed by atoms with Crippen LogP contribution in [0.15, 0.2) is 42.2 Å². The molecular formula is C21H29N3O5. The minimum Gasteiger partial charge on any atom is -0.475 e. The molecule has 8 nitrogen and oxygen atoms in total. The van der Waals surface area contributed by atoms with Crippen LogP contribution in [0, 0.1) is 0 Å². The number of rotatable bonds is 8. The lowest BCUT2D eigenvalue weighted by atomic mass is 9.91. The summed E-state index contributed by atoms with van der Waals surface area (Å²) in [6.45, 7) is 5.64. The van der Waals surface area contributed by atoms with Gasteiger partial charge in [0.15, 0.2) is 6.10 Å². The highest BCUT2D eigenvalue weighted by atomic mass is 16.5. The van der Waals surface area contributed by atoms with E-state index in [4.69, 9.17) is 10.5 Å². The summed E-state index contributed by atoms with van der Waals surface area (Å²) in [6, 6.07) is 7.83. The average Bonchev–Trinajstić information content (AvgIpc) is 2.72. The number of carbonyl (C=O) groups is 3. The maximum atomic E-state index is 13.0. The van der Waals surface area contributed by atoms with Gasteiger partial charge in [-0.25, -0.2) is 4.79 Å². The van der Waals surface area contributed by atoms with Crippen LogP contribution in [0.5, 0.6) is 0 Å². The molecule has 5 atom stereocenters. The Hall–Kier alpha value is -2.87. The number of carboxylic acids is 1. The van der Waals surface area contributed by atoms with E-state index in [1.54, 1.807) is 6.92 Å². The van der Waals surface area contributed by atoms with Gasteiger partial charge in [-0.2, -0.15) is 0 Å². The first-order chi connectivity index (χ1) is 13.8. The van der Waals surface area contributed by atoms with Crippen molar-refractivity contribution in [3.63, 3.8) is 0 Å². The largest absolute Gasteiger partial charge is 0.475 e. The lowest BCUT2D eigenvalue weighted by Crippen LogP contribution is -2.62. The normalized spacial score (nSPS) is 23.2. The second kappa shape index (κ2) is 10.1. The maximum absolute atomic E-state index is 13.0. The van der Waals surface area contributed by atoms with Crippen molar-refractivity contribution in [3.05, 3.63) is 47.7 Å². The van der Waals surface area contributed by atoms with Crippen LogP contribution in [0.2, 0.25) is 0 Å². The van der Waals surface area contributed by atoms with Crippen LogP contribution < -0.4 is 16.4 Å². The Balaban J connectivity index is 2.22. The fourth-order valence-corrected chi connectivity index (χ4v) is 3.36. The molecule has 8 heteroatoms. The SMILES string of the molecule is CCC(=O)N[C@@H]1[C@@H](N)C=C(C(=O)O)O[C@H]1C(=O)NC(CC)C(C)c1ccccc1. The van der Waals surface area contributed by atoms with Gasteiger partial charge >= 0.3 is 5.97 Å². The van der Waals surface area contributed by atoms with E-state index in [0.717, 1.165) is 5.56 Å². The van der Waals surface area contributed by atoms with Crippen LogP contribution in [-0.4, -0.2) is 47.1 Å². The molecule has 2 rings (SSSR count). The number of nitrogens with two attached hydrogens (primary N) is 1. The zero-order valence-electron chi connectivity index (χ0n) is 16.9. The van der Waals surface area contributed by atoms with Gasteiger partial charge in [-0.3, -0.25) is 9.59 Å². The second-order valence-corrected chi connectivity index (χ2v) is 7.12. The number of aliphatic carboxylic acids is 1. The molecule has 158 valence electrons. The van der Waals surface area contributed by atoms with Crippen molar-refractivity contribution in [1.29, 1.82) is 0 Å². The van der Waals surface area contributed by atoms with E-state index in [-0.39, 0.29) is 24.3 Å². The standard InChI is InChI=1S/C21H29N3O5/c1-4-15(12(3)13-9-7-6-8-10-13)23-20(26)19-18(24-17(25)5-2)14(22)11-16(29-19)21(27)28/h6-12,14-15,18-19H,4-5,22H2,1-3H3,(H,23,26)(H,24,25)(H,27,28)/t12?,14-,15?,18+,19+/m0/s1. The Bertz CT molecular complexity index is 765. The molecule has 0 bridgehead atoms. The molecule has 0 radical (unpaired) electrons. The highest BCUT2D eigenvalue weighted by molar-refractivity contribution is 5.88. The summed E-state index contributed by atoms with van der Waals surface area (Å²) >= 11 is 0. The zero-order valence-corrected chi connectivity index (χ0v) is 16.9. The van der Waals surface area contributed by atoms with Crippen molar-refractivity contribution < 1.29 is 24.2 Å². The molecule has 1 aliphatic heterocycles.